The second-order valence-electron chi connectivity index (χ2n) is 5.27. The third-order valence-corrected chi connectivity index (χ3v) is 4.00. The lowest BCUT2D eigenvalue weighted by Crippen LogP contribution is -2.37. The third-order valence-electron chi connectivity index (χ3n) is 4.00. The Balaban J connectivity index is 2.15. The van der Waals surface area contributed by atoms with Gasteiger partial charge in [-0.3, -0.25) is 4.90 Å². The van der Waals surface area contributed by atoms with Crippen molar-refractivity contribution in [3.05, 3.63) is 23.4 Å². The first-order valence-electron chi connectivity index (χ1n) is 7.26. The molecule has 5 heteroatoms. The van der Waals surface area contributed by atoms with Crippen molar-refractivity contribution in [2.75, 3.05) is 31.1 Å². The largest absolute Gasteiger partial charge is 0.478 e. The SMILES string of the molecule is CCN(CC)C1CCN(c2cc(C(=O)O)cc(C)n2)C1. The molecule has 110 valence electrons. The molecule has 0 spiro atoms. The Bertz CT molecular complexity index is 486. The lowest BCUT2D eigenvalue weighted by molar-refractivity contribution is 0.0696. The second-order valence-corrected chi connectivity index (χ2v) is 5.27. The van der Waals surface area contributed by atoms with Gasteiger partial charge in [-0.1, -0.05) is 13.8 Å². The number of nitrogens with zero attached hydrogens (tertiary/aromatic N) is 3. The Labute approximate surface area is 120 Å². The molecule has 5 nitrogen and oxygen atoms in total. The second kappa shape index (κ2) is 6.22. The fourth-order valence-corrected chi connectivity index (χ4v) is 2.92. The van der Waals surface area contributed by atoms with E-state index >= 15 is 0 Å². The zero-order chi connectivity index (χ0) is 14.7. The normalized spacial score (nSPS) is 18.8. The Morgan fingerprint density at radius 1 is 1.45 bits per heavy atom. The van der Waals surface area contributed by atoms with Crippen LogP contribution in [0.15, 0.2) is 12.1 Å². The zero-order valence-electron chi connectivity index (χ0n) is 12.5. The Hall–Kier alpha value is -1.62. The number of carboxylic acid groups (broad SMARTS) is 1. The summed E-state index contributed by atoms with van der Waals surface area (Å²) in [6, 6.07) is 3.84. The fourth-order valence-electron chi connectivity index (χ4n) is 2.92. The van der Waals surface area contributed by atoms with Gasteiger partial charge in [0.05, 0.1) is 5.56 Å². The maximum absolute atomic E-state index is 11.1. The summed E-state index contributed by atoms with van der Waals surface area (Å²) in [4.78, 5) is 20.3. The molecule has 1 saturated heterocycles. The van der Waals surface area contributed by atoms with Gasteiger partial charge in [0.1, 0.15) is 5.82 Å². The van der Waals surface area contributed by atoms with Crippen molar-refractivity contribution in [3.8, 4) is 0 Å². The number of pyridine rings is 1. The lowest BCUT2D eigenvalue weighted by Gasteiger charge is -2.26. The molecule has 1 aliphatic heterocycles. The Morgan fingerprint density at radius 3 is 2.75 bits per heavy atom. The maximum Gasteiger partial charge on any atom is 0.335 e. The summed E-state index contributed by atoms with van der Waals surface area (Å²) in [5.41, 5.74) is 1.07. The van der Waals surface area contributed by atoms with Gasteiger partial charge in [-0.15, -0.1) is 0 Å². The highest BCUT2D eigenvalue weighted by atomic mass is 16.4. The number of carboxylic acids is 1. The minimum Gasteiger partial charge on any atom is -0.478 e. The van der Waals surface area contributed by atoms with Crippen LogP contribution in [0.1, 0.15) is 36.3 Å². The minimum absolute atomic E-state index is 0.318. The van der Waals surface area contributed by atoms with Crippen LogP contribution in [0.3, 0.4) is 0 Å². The summed E-state index contributed by atoms with van der Waals surface area (Å²) in [5, 5.41) is 9.14. The smallest absolute Gasteiger partial charge is 0.335 e. The molecule has 1 aliphatic rings. The van der Waals surface area contributed by atoms with Crippen molar-refractivity contribution in [2.45, 2.75) is 33.2 Å². The van der Waals surface area contributed by atoms with Crippen LogP contribution in [0, 0.1) is 6.92 Å². The van der Waals surface area contributed by atoms with E-state index < -0.39 is 5.97 Å². The number of carbonyl (C=O) groups is 1. The molecule has 2 heterocycles. The van der Waals surface area contributed by atoms with Gasteiger partial charge in [0.25, 0.3) is 0 Å². The molecule has 0 radical (unpaired) electrons. The van der Waals surface area contributed by atoms with Crippen LogP contribution in [0.2, 0.25) is 0 Å². The monoisotopic (exact) mass is 277 g/mol. The molecule has 0 aliphatic carbocycles. The molecule has 1 N–H and O–H groups in total. The van der Waals surface area contributed by atoms with Crippen molar-refractivity contribution in [1.29, 1.82) is 0 Å². The summed E-state index contributed by atoms with van der Waals surface area (Å²) in [6.45, 7) is 10.2. The van der Waals surface area contributed by atoms with Crippen molar-refractivity contribution in [1.82, 2.24) is 9.88 Å². The van der Waals surface area contributed by atoms with Crippen molar-refractivity contribution >= 4 is 11.8 Å². The summed E-state index contributed by atoms with van der Waals surface area (Å²) in [7, 11) is 0. The maximum atomic E-state index is 11.1. The Kier molecular flexibility index (Phi) is 4.60. The lowest BCUT2D eigenvalue weighted by atomic mass is 10.2. The van der Waals surface area contributed by atoms with Gasteiger partial charge in [0.2, 0.25) is 0 Å². The number of aryl methyl sites for hydroxylation is 1. The molecule has 1 aromatic heterocycles. The van der Waals surface area contributed by atoms with E-state index in [-0.39, 0.29) is 0 Å². The molecule has 0 aromatic carbocycles. The predicted molar refractivity (Wildman–Crippen MR) is 79.5 cm³/mol. The number of rotatable bonds is 5. The molecule has 0 bridgehead atoms. The van der Waals surface area contributed by atoms with E-state index in [1.54, 1.807) is 12.1 Å². The third kappa shape index (κ3) is 3.10. The Morgan fingerprint density at radius 2 is 2.15 bits per heavy atom. The molecule has 1 atom stereocenters. The number of hydrogen-bond acceptors (Lipinski definition) is 4. The van der Waals surface area contributed by atoms with Gasteiger partial charge in [-0.2, -0.15) is 0 Å². The van der Waals surface area contributed by atoms with E-state index in [0.717, 1.165) is 44.1 Å². The first-order valence-corrected chi connectivity index (χ1v) is 7.26. The van der Waals surface area contributed by atoms with Crippen LogP contribution in [-0.4, -0.2) is 53.2 Å². The van der Waals surface area contributed by atoms with Crippen molar-refractivity contribution in [3.63, 3.8) is 0 Å². The fraction of sp³-hybridized carbons (Fsp3) is 0.600. The van der Waals surface area contributed by atoms with E-state index in [2.05, 4.69) is 28.6 Å². The van der Waals surface area contributed by atoms with Crippen LogP contribution < -0.4 is 4.90 Å². The first-order chi connectivity index (χ1) is 9.55. The summed E-state index contributed by atoms with van der Waals surface area (Å²) in [6.07, 6.45) is 1.11. The zero-order valence-corrected chi connectivity index (χ0v) is 12.5. The van der Waals surface area contributed by atoms with Crippen LogP contribution >= 0.6 is 0 Å². The summed E-state index contributed by atoms with van der Waals surface area (Å²) < 4.78 is 0. The van der Waals surface area contributed by atoms with Crippen molar-refractivity contribution in [2.24, 2.45) is 0 Å². The molecule has 1 fully saturated rings. The quantitative estimate of drug-likeness (QED) is 0.892. The summed E-state index contributed by atoms with van der Waals surface area (Å²) >= 11 is 0. The molecule has 20 heavy (non-hydrogen) atoms. The topological polar surface area (TPSA) is 56.7 Å². The van der Waals surface area contributed by atoms with Crippen LogP contribution in [0.25, 0.3) is 0 Å². The van der Waals surface area contributed by atoms with Gasteiger partial charge in [-0.25, -0.2) is 9.78 Å². The van der Waals surface area contributed by atoms with E-state index in [1.165, 1.54) is 0 Å². The summed E-state index contributed by atoms with van der Waals surface area (Å²) in [5.74, 6) is -0.103. The van der Waals surface area contributed by atoms with Gasteiger partial charge in [-0.05, 0) is 38.6 Å². The van der Waals surface area contributed by atoms with Gasteiger partial charge < -0.3 is 10.0 Å². The highest BCUT2D eigenvalue weighted by Gasteiger charge is 2.27. The van der Waals surface area contributed by atoms with Gasteiger partial charge in [0.15, 0.2) is 0 Å². The molecule has 1 unspecified atom stereocenters. The molecular formula is C15H23N3O2. The molecule has 2 rings (SSSR count). The van der Waals surface area contributed by atoms with Crippen LogP contribution in [0.4, 0.5) is 5.82 Å². The number of likely N-dealkylation sites (N-methyl/N-ethyl adjacent to an activating group) is 1. The average molecular weight is 277 g/mol. The van der Waals surface area contributed by atoms with E-state index in [9.17, 15) is 4.79 Å². The number of anilines is 1. The molecule has 0 saturated carbocycles. The molecule has 1 aromatic rings. The first kappa shape index (κ1) is 14.8. The standard InChI is InChI=1S/C15H23N3O2/c1-4-17(5-2)13-6-7-18(10-13)14-9-12(15(19)20)8-11(3)16-14/h8-9,13H,4-7,10H2,1-3H3,(H,19,20). The number of hydrogen-bond donors (Lipinski definition) is 1. The van der Waals surface area contributed by atoms with E-state index in [4.69, 9.17) is 5.11 Å². The predicted octanol–water partition coefficient (Wildman–Crippen LogP) is 2.01. The highest BCUT2D eigenvalue weighted by molar-refractivity contribution is 5.88. The van der Waals surface area contributed by atoms with Crippen LogP contribution in [0.5, 0.6) is 0 Å². The number of aromatic nitrogens is 1. The highest BCUT2D eigenvalue weighted by Crippen LogP contribution is 2.23. The van der Waals surface area contributed by atoms with E-state index in [1.807, 2.05) is 6.92 Å². The number of aromatic carboxylic acids is 1. The minimum atomic E-state index is -0.892. The molecular weight excluding hydrogens is 254 g/mol. The van der Waals surface area contributed by atoms with E-state index in [0.29, 0.717) is 11.6 Å². The van der Waals surface area contributed by atoms with Gasteiger partial charge in [0, 0.05) is 24.8 Å². The molecule has 0 amide bonds. The van der Waals surface area contributed by atoms with Gasteiger partial charge >= 0.3 is 5.97 Å². The van der Waals surface area contributed by atoms with Crippen LogP contribution in [-0.2, 0) is 0 Å². The average Bonchev–Trinajstić information content (AvgIpc) is 2.89. The van der Waals surface area contributed by atoms with Crippen molar-refractivity contribution < 1.29 is 9.90 Å².